The van der Waals surface area contributed by atoms with Crippen LogP contribution in [0.1, 0.15) is 18.3 Å². The zero-order chi connectivity index (χ0) is 24.6. The van der Waals surface area contributed by atoms with Crippen LogP contribution in [-0.4, -0.2) is 33.0 Å². The lowest BCUT2D eigenvalue weighted by molar-refractivity contribution is -0.113. The Labute approximate surface area is 207 Å². The molecule has 4 aromatic rings. The third kappa shape index (κ3) is 6.39. The lowest BCUT2D eigenvalue weighted by atomic mass is 10.2. The van der Waals surface area contributed by atoms with Gasteiger partial charge in [0, 0.05) is 5.69 Å². The second kappa shape index (κ2) is 11.5. The van der Waals surface area contributed by atoms with Crippen molar-refractivity contribution in [3.05, 3.63) is 90.0 Å². The summed E-state index contributed by atoms with van der Waals surface area (Å²) in [6.45, 7) is 4.69. The van der Waals surface area contributed by atoms with Gasteiger partial charge in [0.1, 0.15) is 23.9 Å². The van der Waals surface area contributed by atoms with Gasteiger partial charge in [-0.15, -0.1) is 10.2 Å². The first kappa shape index (κ1) is 24.3. The Morgan fingerprint density at radius 1 is 0.971 bits per heavy atom. The number of carbonyl (C=O) groups is 1. The van der Waals surface area contributed by atoms with Crippen molar-refractivity contribution in [2.75, 3.05) is 17.7 Å². The Morgan fingerprint density at radius 2 is 1.66 bits per heavy atom. The predicted molar refractivity (Wildman–Crippen MR) is 134 cm³/mol. The van der Waals surface area contributed by atoms with Crippen LogP contribution in [0.25, 0.3) is 5.69 Å². The molecule has 0 aliphatic rings. The molecule has 1 N–H and O–H groups in total. The second-order valence-electron chi connectivity index (χ2n) is 7.58. The first-order valence-corrected chi connectivity index (χ1v) is 12.1. The molecule has 0 radical (unpaired) electrons. The minimum atomic E-state index is -0.487. The summed E-state index contributed by atoms with van der Waals surface area (Å²) in [5.41, 5.74) is 2.08. The number of halogens is 1. The molecule has 9 heteroatoms. The maximum absolute atomic E-state index is 13.9. The van der Waals surface area contributed by atoms with E-state index in [0.717, 1.165) is 22.7 Å². The molecular formula is C26H25FN4O3S. The van der Waals surface area contributed by atoms with Crippen molar-refractivity contribution in [2.45, 2.75) is 25.6 Å². The van der Waals surface area contributed by atoms with Crippen LogP contribution in [0.5, 0.6) is 11.5 Å². The molecule has 0 atom stereocenters. The standard InChI is InChI=1S/C26H25FN4O3S/c1-3-33-20-14-10-19(11-15-20)31-24(16-34-21-12-8-18(2)9-13-21)29-30-26(31)35-17-25(32)28-23-7-5-4-6-22(23)27/h4-15H,3,16-17H2,1-2H3,(H,28,32). The van der Waals surface area contributed by atoms with Crippen molar-refractivity contribution in [1.82, 2.24) is 14.8 Å². The van der Waals surface area contributed by atoms with Gasteiger partial charge in [0.15, 0.2) is 11.0 Å². The number of para-hydroxylation sites is 1. The summed E-state index contributed by atoms with van der Waals surface area (Å²) >= 11 is 1.20. The molecule has 0 fully saturated rings. The number of nitrogens with one attached hydrogen (secondary N) is 1. The van der Waals surface area contributed by atoms with Crippen molar-refractivity contribution in [3.63, 3.8) is 0 Å². The van der Waals surface area contributed by atoms with Gasteiger partial charge in [0.05, 0.1) is 18.0 Å². The Kier molecular flexibility index (Phi) is 7.99. The average Bonchev–Trinajstić information content (AvgIpc) is 3.27. The predicted octanol–water partition coefficient (Wildman–Crippen LogP) is 5.42. The van der Waals surface area contributed by atoms with Crippen LogP contribution < -0.4 is 14.8 Å². The summed E-state index contributed by atoms with van der Waals surface area (Å²) in [5, 5.41) is 11.7. The molecular weight excluding hydrogens is 467 g/mol. The van der Waals surface area contributed by atoms with Crippen molar-refractivity contribution in [2.24, 2.45) is 0 Å². The third-order valence-electron chi connectivity index (χ3n) is 4.98. The SMILES string of the molecule is CCOc1ccc(-n2c(COc3ccc(C)cc3)nnc2SCC(=O)Nc2ccccc2F)cc1. The number of amides is 1. The van der Waals surface area contributed by atoms with Crippen molar-refractivity contribution >= 4 is 23.4 Å². The summed E-state index contributed by atoms with van der Waals surface area (Å²) in [6, 6.07) is 21.3. The quantitative estimate of drug-likeness (QED) is 0.298. The molecule has 0 saturated carbocycles. The molecule has 4 rings (SSSR count). The highest BCUT2D eigenvalue weighted by Crippen LogP contribution is 2.25. The fourth-order valence-corrected chi connectivity index (χ4v) is 4.04. The molecule has 7 nitrogen and oxygen atoms in total. The van der Waals surface area contributed by atoms with Crippen molar-refractivity contribution in [3.8, 4) is 17.2 Å². The molecule has 3 aromatic carbocycles. The monoisotopic (exact) mass is 492 g/mol. The zero-order valence-electron chi connectivity index (χ0n) is 19.4. The number of nitrogens with zero attached hydrogens (tertiary/aromatic N) is 3. The molecule has 1 heterocycles. The van der Waals surface area contributed by atoms with Gasteiger partial charge in [-0.25, -0.2) is 4.39 Å². The van der Waals surface area contributed by atoms with E-state index in [2.05, 4.69) is 15.5 Å². The van der Waals surface area contributed by atoms with E-state index in [1.165, 1.54) is 23.9 Å². The highest BCUT2D eigenvalue weighted by molar-refractivity contribution is 7.99. The lowest BCUT2D eigenvalue weighted by Crippen LogP contribution is -2.15. The van der Waals surface area contributed by atoms with Crippen LogP contribution in [0.15, 0.2) is 78.0 Å². The van der Waals surface area contributed by atoms with Gasteiger partial charge >= 0.3 is 0 Å². The Morgan fingerprint density at radius 3 is 2.37 bits per heavy atom. The van der Waals surface area contributed by atoms with Crippen LogP contribution in [-0.2, 0) is 11.4 Å². The van der Waals surface area contributed by atoms with E-state index in [1.807, 2.05) is 66.9 Å². The van der Waals surface area contributed by atoms with Crippen LogP contribution in [0.3, 0.4) is 0 Å². The summed E-state index contributed by atoms with van der Waals surface area (Å²) in [7, 11) is 0. The number of hydrogen-bond acceptors (Lipinski definition) is 6. The fraction of sp³-hybridized carbons (Fsp3) is 0.192. The summed E-state index contributed by atoms with van der Waals surface area (Å²) in [5.74, 6) is 1.24. The van der Waals surface area contributed by atoms with Crippen molar-refractivity contribution in [1.29, 1.82) is 0 Å². The number of rotatable bonds is 10. The van der Waals surface area contributed by atoms with Crippen LogP contribution in [0.2, 0.25) is 0 Å². The van der Waals surface area contributed by atoms with Crippen LogP contribution in [0, 0.1) is 12.7 Å². The molecule has 0 aliphatic heterocycles. The molecule has 35 heavy (non-hydrogen) atoms. The van der Waals surface area contributed by atoms with Crippen LogP contribution >= 0.6 is 11.8 Å². The van der Waals surface area contributed by atoms with Gasteiger partial charge < -0.3 is 14.8 Å². The van der Waals surface area contributed by atoms with E-state index in [4.69, 9.17) is 9.47 Å². The zero-order valence-corrected chi connectivity index (χ0v) is 20.2. The number of hydrogen-bond donors (Lipinski definition) is 1. The average molecular weight is 493 g/mol. The molecule has 0 aliphatic carbocycles. The fourth-order valence-electron chi connectivity index (χ4n) is 3.27. The van der Waals surface area contributed by atoms with Gasteiger partial charge in [0.2, 0.25) is 5.91 Å². The molecule has 1 amide bonds. The van der Waals surface area contributed by atoms with E-state index in [1.54, 1.807) is 12.1 Å². The van der Waals surface area contributed by atoms with Crippen LogP contribution in [0.4, 0.5) is 10.1 Å². The highest BCUT2D eigenvalue weighted by atomic mass is 32.2. The van der Waals surface area contributed by atoms with Gasteiger partial charge in [-0.3, -0.25) is 9.36 Å². The maximum atomic E-state index is 13.9. The molecule has 0 bridgehead atoms. The molecule has 0 unspecified atom stereocenters. The normalized spacial score (nSPS) is 10.7. The first-order chi connectivity index (χ1) is 17.0. The highest BCUT2D eigenvalue weighted by Gasteiger charge is 2.17. The van der Waals surface area contributed by atoms with E-state index in [9.17, 15) is 9.18 Å². The van der Waals surface area contributed by atoms with E-state index >= 15 is 0 Å². The Balaban J connectivity index is 1.53. The Hall–Kier alpha value is -3.85. The number of ether oxygens (including phenoxy) is 2. The second-order valence-corrected chi connectivity index (χ2v) is 8.52. The summed E-state index contributed by atoms with van der Waals surface area (Å²) in [4.78, 5) is 12.5. The molecule has 0 spiro atoms. The van der Waals surface area contributed by atoms with E-state index in [0.29, 0.717) is 17.6 Å². The number of aryl methyl sites for hydroxylation is 1. The first-order valence-electron chi connectivity index (χ1n) is 11.1. The molecule has 1 aromatic heterocycles. The summed E-state index contributed by atoms with van der Waals surface area (Å²) in [6.07, 6.45) is 0. The largest absolute Gasteiger partial charge is 0.494 e. The van der Waals surface area contributed by atoms with Gasteiger partial charge in [-0.05, 0) is 62.4 Å². The number of carbonyl (C=O) groups excluding carboxylic acids is 1. The maximum Gasteiger partial charge on any atom is 0.234 e. The minimum Gasteiger partial charge on any atom is -0.494 e. The number of thioether (sulfide) groups is 1. The van der Waals surface area contributed by atoms with Gasteiger partial charge in [0.25, 0.3) is 0 Å². The molecule has 0 saturated heterocycles. The topological polar surface area (TPSA) is 78.3 Å². The number of aromatic nitrogens is 3. The van der Waals surface area contributed by atoms with Crippen molar-refractivity contribution < 1.29 is 18.7 Å². The van der Waals surface area contributed by atoms with Gasteiger partial charge in [-0.2, -0.15) is 0 Å². The Bertz CT molecular complexity index is 1280. The smallest absolute Gasteiger partial charge is 0.234 e. The van der Waals surface area contributed by atoms with E-state index in [-0.39, 0.29) is 24.0 Å². The molecule has 180 valence electrons. The lowest BCUT2D eigenvalue weighted by Gasteiger charge is -2.12. The van der Waals surface area contributed by atoms with E-state index < -0.39 is 5.82 Å². The summed E-state index contributed by atoms with van der Waals surface area (Å²) < 4.78 is 27.2. The minimum absolute atomic E-state index is 0.0301. The third-order valence-corrected chi connectivity index (χ3v) is 5.90. The number of anilines is 1. The van der Waals surface area contributed by atoms with Gasteiger partial charge in [-0.1, -0.05) is 41.6 Å². The number of benzene rings is 3.